The number of nitrogens with zero attached hydrogens (tertiary/aromatic N) is 1. The van der Waals surface area contributed by atoms with Crippen LogP contribution in [0.3, 0.4) is 0 Å². The number of alkyl halides is 1. The van der Waals surface area contributed by atoms with Crippen LogP contribution in [0.25, 0.3) is 0 Å². The highest BCUT2D eigenvalue weighted by Crippen LogP contribution is 1.94. The van der Waals surface area contributed by atoms with Gasteiger partial charge in [0.25, 0.3) is 0 Å². The molecule has 0 atom stereocenters. The summed E-state index contributed by atoms with van der Waals surface area (Å²) in [6.07, 6.45) is 2.01. The first kappa shape index (κ1) is 7.83. The fourth-order valence-electron chi connectivity index (χ4n) is 0.475. The molecule has 0 fully saturated rings. The summed E-state index contributed by atoms with van der Waals surface area (Å²) in [6, 6.07) is 0. The second kappa shape index (κ2) is 3.79. The van der Waals surface area contributed by atoms with Crippen molar-refractivity contribution < 1.29 is 0 Å². The molecule has 0 heterocycles. The molecule has 0 aromatic heterocycles. The molecule has 0 aromatic carbocycles. The van der Waals surface area contributed by atoms with E-state index in [0.29, 0.717) is 5.88 Å². The third-order valence-electron chi connectivity index (χ3n) is 0.689. The summed E-state index contributed by atoms with van der Waals surface area (Å²) in [5.41, 5.74) is 1.19. The van der Waals surface area contributed by atoms with Crippen LogP contribution in [0.4, 0.5) is 0 Å². The number of allylic oxidation sites excluding steroid dienone is 1. The van der Waals surface area contributed by atoms with Crippen LogP contribution in [0.1, 0.15) is 6.92 Å². The number of halogens is 1. The van der Waals surface area contributed by atoms with Crippen LogP contribution in [0.2, 0.25) is 0 Å². The lowest BCUT2D eigenvalue weighted by Crippen LogP contribution is -2.02. The van der Waals surface area contributed by atoms with E-state index >= 15 is 0 Å². The van der Waals surface area contributed by atoms with Crippen molar-refractivity contribution in [1.29, 1.82) is 0 Å². The van der Waals surface area contributed by atoms with Crippen molar-refractivity contribution in [2.75, 3.05) is 20.0 Å². The maximum atomic E-state index is 5.50. The van der Waals surface area contributed by atoms with E-state index in [4.69, 9.17) is 11.6 Å². The summed E-state index contributed by atoms with van der Waals surface area (Å²) in [7, 11) is 3.96. The molecular formula is C6H12ClN. The van der Waals surface area contributed by atoms with Crippen molar-refractivity contribution in [2.24, 2.45) is 0 Å². The summed E-state index contributed by atoms with van der Waals surface area (Å²) in [5, 5.41) is 0. The standard InChI is InChI=1S/C6H12ClN/c1-6(4-7)5-8(2)3/h5H,4H2,1-3H3. The third kappa shape index (κ3) is 4.00. The summed E-state index contributed by atoms with van der Waals surface area (Å²) in [6.45, 7) is 2.01. The maximum Gasteiger partial charge on any atom is 0.0447 e. The van der Waals surface area contributed by atoms with E-state index in [2.05, 4.69) is 0 Å². The molecule has 0 bridgehead atoms. The van der Waals surface area contributed by atoms with E-state index in [1.807, 2.05) is 32.1 Å². The van der Waals surface area contributed by atoms with Crippen molar-refractivity contribution in [3.63, 3.8) is 0 Å². The SMILES string of the molecule is CC(=CN(C)C)CCl. The van der Waals surface area contributed by atoms with Gasteiger partial charge in [0, 0.05) is 20.0 Å². The Labute approximate surface area is 55.9 Å². The summed E-state index contributed by atoms with van der Waals surface area (Å²) in [5.74, 6) is 0.623. The largest absolute Gasteiger partial charge is 0.383 e. The lowest BCUT2D eigenvalue weighted by atomic mass is 10.4. The normalized spacial score (nSPS) is 11.8. The maximum absolute atomic E-state index is 5.50. The first-order chi connectivity index (χ1) is 3.66. The Morgan fingerprint density at radius 2 is 2.12 bits per heavy atom. The monoisotopic (exact) mass is 133 g/mol. The van der Waals surface area contributed by atoms with Gasteiger partial charge >= 0.3 is 0 Å². The van der Waals surface area contributed by atoms with E-state index < -0.39 is 0 Å². The zero-order valence-electron chi connectivity index (χ0n) is 5.61. The minimum atomic E-state index is 0.623. The van der Waals surface area contributed by atoms with Crippen LogP contribution in [-0.2, 0) is 0 Å². The van der Waals surface area contributed by atoms with Crippen LogP contribution < -0.4 is 0 Å². The lowest BCUT2D eigenvalue weighted by molar-refractivity contribution is 0.558. The molecule has 0 aliphatic rings. The van der Waals surface area contributed by atoms with Gasteiger partial charge in [0.2, 0.25) is 0 Å². The third-order valence-corrected chi connectivity index (χ3v) is 1.11. The Morgan fingerprint density at radius 1 is 1.62 bits per heavy atom. The Kier molecular flexibility index (Phi) is 3.71. The molecule has 0 unspecified atom stereocenters. The predicted octanol–water partition coefficient (Wildman–Crippen LogP) is 1.69. The average molecular weight is 134 g/mol. The van der Waals surface area contributed by atoms with E-state index in [0.717, 1.165) is 0 Å². The van der Waals surface area contributed by atoms with Gasteiger partial charge < -0.3 is 4.90 Å². The number of rotatable bonds is 2. The van der Waals surface area contributed by atoms with Gasteiger partial charge in [-0.1, -0.05) is 0 Å². The Balaban J connectivity index is 3.56. The fourth-order valence-corrected chi connectivity index (χ4v) is 0.544. The predicted molar refractivity (Wildman–Crippen MR) is 38.2 cm³/mol. The van der Waals surface area contributed by atoms with Crippen molar-refractivity contribution in [3.05, 3.63) is 11.8 Å². The molecule has 0 spiro atoms. The minimum absolute atomic E-state index is 0.623. The molecule has 0 rings (SSSR count). The Hall–Kier alpha value is -0.170. The zero-order valence-corrected chi connectivity index (χ0v) is 6.37. The average Bonchev–Trinajstić information content (AvgIpc) is 1.65. The van der Waals surface area contributed by atoms with Gasteiger partial charge in [0.1, 0.15) is 0 Å². The topological polar surface area (TPSA) is 3.24 Å². The molecule has 0 radical (unpaired) electrons. The lowest BCUT2D eigenvalue weighted by Gasteiger charge is -2.04. The molecule has 0 saturated carbocycles. The molecule has 0 aromatic rings. The second-order valence-corrected chi connectivity index (χ2v) is 2.34. The highest BCUT2D eigenvalue weighted by atomic mass is 35.5. The van der Waals surface area contributed by atoms with E-state index in [9.17, 15) is 0 Å². The molecule has 0 aliphatic heterocycles. The van der Waals surface area contributed by atoms with Gasteiger partial charge in [0.05, 0.1) is 0 Å². The van der Waals surface area contributed by atoms with Crippen LogP contribution in [-0.4, -0.2) is 24.9 Å². The first-order valence-electron chi connectivity index (χ1n) is 2.56. The summed E-state index contributed by atoms with van der Waals surface area (Å²) in [4.78, 5) is 1.98. The highest BCUT2D eigenvalue weighted by Gasteiger charge is 1.83. The quantitative estimate of drug-likeness (QED) is 0.519. The van der Waals surface area contributed by atoms with Crippen LogP contribution in [0.5, 0.6) is 0 Å². The Morgan fingerprint density at radius 3 is 2.25 bits per heavy atom. The van der Waals surface area contributed by atoms with E-state index in [1.54, 1.807) is 0 Å². The van der Waals surface area contributed by atoms with Crippen LogP contribution in [0, 0.1) is 0 Å². The van der Waals surface area contributed by atoms with Gasteiger partial charge in [-0.05, 0) is 18.7 Å². The smallest absolute Gasteiger partial charge is 0.0447 e. The molecule has 0 N–H and O–H groups in total. The zero-order chi connectivity index (χ0) is 6.57. The van der Waals surface area contributed by atoms with Gasteiger partial charge in [-0.25, -0.2) is 0 Å². The van der Waals surface area contributed by atoms with Gasteiger partial charge in [-0.15, -0.1) is 11.6 Å². The van der Waals surface area contributed by atoms with Crippen molar-refractivity contribution >= 4 is 11.6 Å². The fraction of sp³-hybridized carbons (Fsp3) is 0.667. The minimum Gasteiger partial charge on any atom is -0.383 e. The van der Waals surface area contributed by atoms with Crippen molar-refractivity contribution in [1.82, 2.24) is 4.90 Å². The Bertz CT molecular complexity index is 86.5. The highest BCUT2D eigenvalue weighted by molar-refractivity contribution is 6.19. The molecule has 0 saturated heterocycles. The van der Waals surface area contributed by atoms with Gasteiger partial charge in [0.15, 0.2) is 0 Å². The number of hydrogen-bond donors (Lipinski definition) is 0. The molecule has 0 aliphatic carbocycles. The van der Waals surface area contributed by atoms with Crippen molar-refractivity contribution in [2.45, 2.75) is 6.92 Å². The number of hydrogen-bond acceptors (Lipinski definition) is 1. The van der Waals surface area contributed by atoms with Crippen LogP contribution in [0.15, 0.2) is 11.8 Å². The summed E-state index contributed by atoms with van der Waals surface area (Å²) >= 11 is 5.50. The molecule has 0 amide bonds. The van der Waals surface area contributed by atoms with E-state index in [1.165, 1.54) is 5.57 Å². The van der Waals surface area contributed by atoms with E-state index in [-0.39, 0.29) is 0 Å². The second-order valence-electron chi connectivity index (χ2n) is 2.07. The molecule has 8 heavy (non-hydrogen) atoms. The summed E-state index contributed by atoms with van der Waals surface area (Å²) < 4.78 is 0. The molecule has 48 valence electrons. The molecular weight excluding hydrogens is 122 g/mol. The first-order valence-corrected chi connectivity index (χ1v) is 3.10. The van der Waals surface area contributed by atoms with Crippen LogP contribution >= 0.6 is 11.6 Å². The molecule has 1 nitrogen and oxygen atoms in total. The van der Waals surface area contributed by atoms with Crippen molar-refractivity contribution in [3.8, 4) is 0 Å². The van der Waals surface area contributed by atoms with Gasteiger partial charge in [-0.2, -0.15) is 0 Å². The van der Waals surface area contributed by atoms with Gasteiger partial charge in [-0.3, -0.25) is 0 Å². The molecule has 2 heteroatoms.